The lowest BCUT2D eigenvalue weighted by Crippen LogP contribution is -2.13. The Kier molecular flexibility index (Phi) is 2.25. The van der Waals surface area contributed by atoms with Gasteiger partial charge in [0.1, 0.15) is 0 Å². The molecule has 5 heteroatoms. The van der Waals surface area contributed by atoms with Crippen LogP contribution in [-0.4, -0.2) is 16.1 Å². The predicted molar refractivity (Wildman–Crippen MR) is 63.3 cm³/mol. The van der Waals surface area contributed by atoms with Crippen molar-refractivity contribution in [2.45, 2.75) is 12.8 Å². The van der Waals surface area contributed by atoms with Crippen molar-refractivity contribution in [3.63, 3.8) is 0 Å². The van der Waals surface area contributed by atoms with E-state index in [0.717, 1.165) is 23.4 Å². The molecule has 4 nitrogen and oxygen atoms in total. The van der Waals surface area contributed by atoms with Gasteiger partial charge in [0.05, 0.1) is 10.6 Å². The van der Waals surface area contributed by atoms with E-state index in [0.29, 0.717) is 5.82 Å². The minimum atomic E-state index is 0.0872. The number of carbonyl (C=O) groups is 1. The van der Waals surface area contributed by atoms with Crippen molar-refractivity contribution in [2.24, 2.45) is 5.92 Å². The summed E-state index contributed by atoms with van der Waals surface area (Å²) >= 11 is 1.64. The number of amides is 1. The minimum Gasteiger partial charge on any atom is -0.309 e. The molecule has 1 aliphatic rings. The summed E-state index contributed by atoms with van der Waals surface area (Å²) in [5.41, 5.74) is 0.945. The Labute approximate surface area is 96.7 Å². The monoisotopic (exact) mass is 233 g/mol. The number of aromatic amines is 1. The van der Waals surface area contributed by atoms with Crippen LogP contribution in [0.5, 0.6) is 0 Å². The standard InChI is InChI=1S/C11H11N3OS/c15-11(7-3-4-7)12-10-6-8(13-14-10)9-2-1-5-16-9/h1-2,5-7H,3-4H2,(H2,12,13,14,15). The summed E-state index contributed by atoms with van der Waals surface area (Å²) in [4.78, 5) is 12.6. The van der Waals surface area contributed by atoms with Crippen molar-refractivity contribution in [3.8, 4) is 10.6 Å². The van der Waals surface area contributed by atoms with E-state index in [4.69, 9.17) is 0 Å². The first kappa shape index (κ1) is 9.59. The Morgan fingerprint density at radius 1 is 1.56 bits per heavy atom. The molecule has 0 bridgehead atoms. The minimum absolute atomic E-state index is 0.0872. The van der Waals surface area contributed by atoms with Crippen LogP contribution in [0.1, 0.15) is 12.8 Å². The lowest BCUT2D eigenvalue weighted by molar-refractivity contribution is -0.117. The summed E-state index contributed by atoms with van der Waals surface area (Å²) in [7, 11) is 0. The fourth-order valence-corrected chi connectivity index (χ4v) is 2.21. The van der Waals surface area contributed by atoms with Gasteiger partial charge < -0.3 is 5.32 Å². The number of rotatable bonds is 3. The molecule has 2 N–H and O–H groups in total. The van der Waals surface area contributed by atoms with E-state index in [9.17, 15) is 4.79 Å². The van der Waals surface area contributed by atoms with Crippen LogP contribution in [-0.2, 0) is 4.79 Å². The predicted octanol–water partition coefficient (Wildman–Crippen LogP) is 2.49. The highest BCUT2D eigenvalue weighted by atomic mass is 32.1. The average Bonchev–Trinajstić information content (AvgIpc) is 2.80. The third-order valence-electron chi connectivity index (χ3n) is 2.56. The van der Waals surface area contributed by atoms with E-state index < -0.39 is 0 Å². The Morgan fingerprint density at radius 2 is 2.44 bits per heavy atom. The van der Waals surface area contributed by atoms with Gasteiger partial charge >= 0.3 is 0 Å². The quantitative estimate of drug-likeness (QED) is 0.855. The van der Waals surface area contributed by atoms with Gasteiger partial charge in [-0.15, -0.1) is 11.3 Å². The van der Waals surface area contributed by atoms with Crippen molar-refractivity contribution >= 4 is 23.1 Å². The molecule has 1 amide bonds. The molecule has 2 aromatic heterocycles. The number of hydrogen-bond acceptors (Lipinski definition) is 3. The molecule has 0 aromatic carbocycles. The first-order valence-corrected chi connectivity index (χ1v) is 6.11. The topological polar surface area (TPSA) is 57.8 Å². The molecule has 82 valence electrons. The van der Waals surface area contributed by atoms with Gasteiger partial charge in [-0.1, -0.05) is 6.07 Å². The molecule has 0 radical (unpaired) electrons. The normalized spacial score (nSPS) is 15.0. The van der Waals surface area contributed by atoms with Crippen molar-refractivity contribution in [1.29, 1.82) is 0 Å². The number of hydrogen-bond donors (Lipinski definition) is 2. The summed E-state index contributed by atoms with van der Waals surface area (Å²) in [6.45, 7) is 0. The van der Waals surface area contributed by atoms with Crippen LogP contribution in [0.4, 0.5) is 5.82 Å². The average molecular weight is 233 g/mol. The van der Waals surface area contributed by atoms with E-state index >= 15 is 0 Å². The summed E-state index contributed by atoms with van der Waals surface area (Å²) < 4.78 is 0. The second kappa shape index (κ2) is 3.75. The fourth-order valence-electron chi connectivity index (χ4n) is 1.52. The van der Waals surface area contributed by atoms with Gasteiger partial charge in [0.15, 0.2) is 5.82 Å². The van der Waals surface area contributed by atoms with Crippen molar-refractivity contribution in [1.82, 2.24) is 10.2 Å². The molecule has 0 saturated heterocycles. The molecule has 2 heterocycles. The lowest BCUT2D eigenvalue weighted by Gasteiger charge is -1.97. The first-order valence-electron chi connectivity index (χ1n) is 5.23. The third-order valence-corrected chi connectivity index (χ3v) is 3.47. The number of nitrogens with one attached hydrogen (secondary N) is 2. The van der Waals surface area contributed by atoms with Crippen LogP contribution >= 0.6 is 11.3 Å². The van der Waals surface area contributed by atoms with Gasteiger partial charge in [-0.05, 0) is 24.3 Å². The number of carbonyl (C=O) groups excluding carboxylic acids is 1. The maximum atomic E-state index is 11.5. The molecule has 3 rings (SSSR count). The summed E-state index contributed by atoms with van der Waals surface area (Å²) in [6.07, 6.45) is 2.02. The van der Waals surface area contributed by atoms with Crippen molar-refractivity contribution in [3.05, 3.63) is 23.6 Å². The van der Waals surface area contributed by atoms with Crippen LogP contribution in [0.25, 0.3) is 10.6 Å². The van der Waals surface area contributed by atoms with Gasteiger partial charge in [-0.3, -0.25) is 9.89 Å². The molecule has 2 aromatic rings. The second-order valence-electron chi connectivity index (χ2n) is 3.91. The molecule has 0 atom stereocenters. The Bertz CT molecular complexity index is 499. The van der Waals surface area contributed by atoms with Crippen LogP contribution in [0, 0.1) is 5.92 Å². The zero-order valence-corrected chi connectivity index (χ0v) is 9.38. The molecule has 0 aliphatic heterocycles. The van der Waals surface area contributed by atoms with E-state index in [1.807, 2.05) is 23.6 Å². The number of aromatic nitrogens is 2. The molecule has 1 saturated carbocycles. The number of nitrogens with zero attached hydrogens (tertiary/aromatic N) is 1. The third kappa shape index (κ3) is 1.86. The van der Waals surface area contributed by atoms with Gasteiger partial charge in [-0.25, -0.2) is 0 Å². The van der Waals surface area contributed by atoms with Gasteiger partial charge in [0.25, 0.3) is 0 Å². The zero-order valence-electron chi connectivity index (χ0n) is 8.56. The van der Waals surface area contributed by atoms with Crippen LogP contribution in [0.3, 0.4) is 0 Å². The smallest absolute Gasteiger partial charge is 0.228 e. The Hall–Kier alpha value is -1.62. The van der Waals surface area contributed by atoms with E-state index in [2.05, 4.69) is 15.5 Å². The van der Waals surface area contributed by atoms with Crippen molar-refractivity contribution < 1.29 is 4.79 Å². The maximum absolute atomic E-state index is 11.5. The zero-order chi connectivity index (χ0) is 11.0. The largest absolute Gasteiger partial charge is 0.309 e. The number of H-pyrrole nitrogens is 1. The van der Waals surface area contributed by atoms with E-state index in [-0.39, 0.29) is 11.8 Å². The summed E-state index contributed by atoms with van der Waals surface area (Å²) in [6, 6.07) is 5.88. The van der Waals surface area contributed by atoms with Crippen LogP contribution in [0.2, 0.25) is 0 Å². The number of anilines is 1. The molecular formula is C11H11N3OS. The summed E-state index contributed by atoms with van der Waals surface area (Å²) in [5, 5.41) is 11.8. The van der Waals surface area contributed by atoms with Crippen LogP contribution in [0.15, 0.2) is 23.6 Å². The molecule has 1 fully saturated rings. The Morgan fingerprint density at radius 3 is 3.12 bits per heavy atom. The lowest BCUT2D eigenvalue weighted by atomic mass is 10.3. The van der Waals surface area contributed by atoms with Crippen molar-refractivity contribution in [2.75, 3.05) is 5.32 Å². The van der Waals surface area contributed by atoms with Gasteiger partial charge in [-0.2, -0.15) is 5.10 Å². The number of thiophene rings is 1. The highest BCUT2D eigenvalue weighted by Gasteiger charge is 2.29. The second-order valence-corrected chi connectivity index (χ2v) is 4.86. The molecular weight excluding hydrogens is 222 g/mol. The van der Waals surface area contributed by atoms with Crippen LogP contribution < -0.4 is 5.32 Å². The van der Waals surface area contributed by atoms with Gasteiger partial charge in [0.2, 0.25) is 5.91 Å². The highest BCUT2D eigenvalue weighted by molar-refractivity contribution is 7.13. The van der Waals surface area contributed by atoms with E-state index in [1.54, 1.807) is 11.3 Å². The molecule has 1 aliphatic carbocycles. The van der Waals surface area contributed by atoms with Gasteiger partial charge in [0, 0.05) is 12.0 Å². The van der Waals surface area contributed by atoms with E-state index in [1.165, 1.54) is 0 Å². The molecule has 0 unspecified atom stereocenters. The Balaban J connectivity index is 1.75. The first-order chi connectivity index (χ1) is 7.83. The molecule has 16 heavy (non-hydrogen) atoms. The summed E-state index contributed by atoms with van der Waals surface area (Å²) in [5.74, 6) is 0.909. The molecule has 0 spiro atoms. The maximum Gasteiger partial charge on any atom is 0.228 e. The SMILES string of the molecule is O=C(Nc1cc(-c2cccs2)[nH]n1)C1CC1. The highest BCUT2D eigenvalue weighted by Crippen LogP contribution is 2.30. The fraction of sp³-hybridized carbons (Fsp3) is 0.273.